The van der Waals surface area contributed by atoms with E-state index in [-0.39, 0.29) is 5.60 Å². The topological polar surface area (TPSA) is 35.2 Å². The second kappa shape index (κ2) is 3.79. The molecule has 16 heavy (non-hydrogen) atoms. The molecule has 88 valence electrons. The second-order valence-corrected chi connectivity index (χ2v) is 5.72. The van der Waals surface area contributed by atoms with Crippen LogP contribution in [0, 0.1) is 20.8 Å². The average molecular weight is 331 g/mol. The molecule has 0 aliphatic carbocycles. The molecule has 1 heterocycles. The summed E-state index contributed by atoms with van der Waals surface area (Å²) in [5.74, 6) is 1.07. The number of fused-ring (bicyclic) bond motifs is 1. The van der Waals surface area contributed by atoms with Gasteiger partial charge in [-0.2, -0.15) is 0 Å². The number of anilines is 1. The largest absolute Gasteiger partial charge is 0.486 e. The minimum Gasteiger partial charge on any atom is -0.486 e. The molecule has 2 rings (SSSR count). The molecule has 1 unspecified atom stereocenters. The highest BCUT2D eigenvalue weighted by atomic mass is 127. The molecule has 1 aromatic carbocycles. The minimum atomic E-state index is -0.0569. The maximum absolute atomic E-state index is 6.13. The molecular formula is C13H18INO. The first-order valence-corrected chi connectivity index (χ1v) is 7.05. The molecule has 0 radical (unpaired) electrons. The summed E-state index contributed by atoms with van der Waals surface area (Å²) in [6.45, 7) is 8.44. The van der Waals surface area contributed by atoms with E-state index < -0.39 is 0 Å². The summed E-state index contributed by atoms with van der Waals surface area (Å²) in [4.78, 5) is 0. The predicted molar refractivity (Wildman–Crippen MR) is 76.7 cm³/mol. The zero-order chi connectivity index (χ0) is 12.1. The molecule has 0 spiro atoms. The van der Waals surface area contributed by atoms with Gasteiger partial charge in [0, 0.05) is 22.1 Å². The van der Waals surface area contributed by atoms with Gasteiger partial charge in [-0.15, -0.1) is 0 Å². The Bertz CT molecular complexity index is 417. The Labute approximate surface area is 111 Å². The molecule has 0 fully saturated rings. The van der Waals surface area contributed by atoms with Crippen LogP contribution in [0.4, 0.5) is 5.69 Å². The summed E-state index contributed by atoms with van der Waals surface area (Å²) in [5, 5.41) is 0. The molecule has 2 N–H and O–H groups in total. The normalized spacial score (nSPS) is 23.1. The SMILES string of the molecule is Cc1c(C)c2c(c(C)c1N)CC(C)(CI)O2. The highest BCUT2D eigenvalue weighted by Crippen LogP contribution is 2.44. The average Bonchev–Trinajstić information content (AvgIpc) is 2.63. The first kappa shape index (κ1) is 12.0. The molecule has 1 atom stereocenters. The Kier molecular flexibility index (Phi) is 2.85. The van der Waals surface area contributed by atoms with Crippen molar-refractivity contribution in [1.29, 1.82) is 0 Å². The van der Waals surface area contributed by atoms with Gasteiger partial charge in [-0.3, -0.25) is 0 Å². The lowest BCUT2D eigenvalue weighted by Gasteiger charge is -2.21. The van der Waals surface area contributed by atoms with Crippen LogP contribution < -0.4 is 10.5 Å². The van der Waals surface area contributed by atoms with Gasteiger partial charge in [0.05, 0.1) is 0 Å². The van der Waals surface area contributed by atoms with Gasteiger partial charge in [-0.1, -0.05) is 22.6 Å². The molecule has 0 aromatic heterocycles. The van der Waals surface area contributed by atoms with Crippen molar-refractivity contribution in [1.82, 2.24) is 0 Å². The number of hydrogen-bond acceptors (Lipinski definition) is 2. The van der Waals surface area contributed by atoms with Crippen LogP contribution in [0.5, 0.6) is 5.75 Å². The summed E-state index contributed by atoms with van der Waals surface area (Å²) in [6.07, 6.45) is 0.975. The Balaban J connectivity index is 2.62. The van der Waals surface area contributed by atoms with Crippen LogP contribution in [0.2, 0.25) is 0 Å². The van der Waals surface area contributed by atoms with Gasteiger partial charge in [0.25, 0.3) is 0 Å². The van der Waals surface area contributed by atoms with Crippen LogP contribution in [0.25, 0.3) is 0 Å². The first-order chi connectivity index (χ1) is 7.39. The number of rotatable bonds is 1. The van der Waals surface area contributed by atoms with E-state index in [0.717, 1.165) is 27.8 Å². The van der Waals surface area contributed by atoms with Gasteiger partial charge in [0.15, 0.2) is 0 Å². The van der Waals surface area contributed by atoms with Crippen LogP contribution in [0.15, 0.2) is 0 Å². The van der Waals surface area contributed by atoms with Crippen molar-refractivity contribution in [3.05, 3.63) is 22.3 Å². The molecule has 0 saturated carbocycles. The van der Waals surface area contributed by atoms with E-state index in [1.165, 1.54) is 16.7 Å². The summed E-state index contributed by atoms with van der Waals surface area (Å²) in [7, 11) is 0. The maximum Gasteiger partial charge on any atom is 0.127 e. The molecular weight excluding hydrogens is 313 g/mol. The molecule has 0 bridgehead atoms. The lowest BCUT2D eigenvalue weighted by atomic mass is 9.93. The van der Waals surface area contributed by atoms with Crippen molar-refractivity contribution in [2.24, 2.45) is 0 Å². The molecule has 1 aliphatic rings. The van der Waals surface area contributed by atoms with Crippen molar-refractivity contribution in [2.45, 2.75) is 39.7 Å². The first-order valence-electron chi connectivity index (χ1n) is 5.52. The minimum absolute atomic E-state index is 0.0569. The molecule has 0 saturated heterocycles. The van der Waals surface area contributed by atoms with E-state index in [1.54, 1.807) is 0 Å². The predicted octanol–water partition coefficient (Wildman–Crippen LogP) is 3.32. The zero-order valence-electron chi connectivity index (χ0n) is 10.3. The van der Waals surface area contributed by atoms with Crippen molar-refractivity contribution in [2.75, 3.05) is 10.2 Å². The number of halogens is 1. The van der Waals surface area contributed by atoms with Gasteiger partial charge in [0.1, 0.15) is 11.4 Å². The summed E-state index contributed by atoms with van der Waals surface area (Å²) >= 11 is 2.39. The Morgan fingerprint density at radius 3 is 2.44 bits per heavy atom. The lowest BCUT2D eigenvalue weighted by molar-refractivity contribution is 0.146. The van der Waals surface area contributed by atoms with E-state index in [4.69, 9.17) is 10.5 Å². The smallest absolute Gasteiger partial charge is 0.127 e. The summed E-state index contributed by atoms with van der Waals surface area (Å²) in [5.41, 5.74) is 11.9. The van der Waals surface area contributed by atoms with Gasteiger partial charge < -0.3 is 10.5 Å². The van der Waals surface area contributed by atoms with E-state index in [0.29, 0.717) is 0 Å². The molecule has 0 amide bonds. The Morgan fingerprint density at radius 1 is 1.25 bits per heavy atom. The third-order valence-corrected chi connectivity index (χ3v) is 5.23. The third-order valence-electron chi connectivity index (χ3n) is 3.62. The van der Waals surface area contributed by atoms with Gasteiger partial charge in [0.2, 0.25) is 0 Å². The summed E-state index contributed by atoms with van der Waals surface area (Å²) in [6, 6.07) is 0. The fourth-order valence-electron chi connectivity index (χ4n) is 2.29. The summed E-state index contributed by atoms with van der Waals surface area (Å²) < 4.78 is 7.13. The van der Waals surface area contributed by atoms with Gasteiger partial charge >= 0.3 is 0 Å². The molecule has 1 aliphatic heterocycles. The standard InChI is InChI=1S/C13H18INO/c1-7-8(2)12-10(9(3)11(7)15)5-13(4,6-14)16-12/h5-6,15H2,1-4H3. The number of nitrogen functional groups attached to an aromatic ring is 1. The van der Waals surface area contributed by atoms with Crippen LogP contribution in [-0.4, -0.2) is 10.0 Å². The van der Waals surface area contributed by atoms with Crippen LogP contribution in [0.1, 0.15) is 29.2 Å². The Morgan fingerprint density at radius 2 is 1.88 bits per heavy atom. The third kappa shape index (κ3) is 1.60. The Hall–Kier alpha value is -0.450. The van der Waals surface area contributed by atoms with Gasteiger partial charge in [-0.05, 0) is 44.4 Å². The number of benzene rings is 1. The van der Waals surface area contributed by atoms with Crippen molar-refractivity contribution >= 4 is 28.3 Å². The number of hydrogen-bond donors (Lipinski definition) is 1. The molecule has 1 aromatic rings. The van der Waals surface area contributed by atoms with E-state index in [9.17, 15) is 0 Å². The quantitative estimate of drug-likeness (QED) is 0.487. The van der Waals surface area contributed by atoms with Crippen LogP contribution in [0.3, 0.4) is 0 Å². The number of alkyl halides is 1. The van der Waals surface area contributed by atoms with E-state index in [2.05, 4.69) is 50.3 Å². The molecule has 3 heteroatoms. The molecule has 2 nitrogen and oxygen atoms in total. The highest BCUT2D eigenvalue weighted by Gasteiger charge is 2.36. The van der Waals surface area contributed by atoms with Crippen LogP contribution >= 0.6 is 22.6 Å². The van der Waals surface area contributed by atoms with Crippen LogP contribution in [-0.2, 0) is 6.42 Å². The lowest BCUT2D eigenvalue weighted by Crippen LogP contribution is -2.31. The van der Waals surface area contributed by atoms with Crippen molar-refractivity contribution in [3.63, 3.8) is 0 Å². The number of ether oxygens (including phenoxy) is 1. The van der Waals surface area contributed by atoms with E-state index >= 15 is 0 Å². The van der Waals surface area contributed by atoms with Crippen molar-refractivity contribution < 1.29 is 4.74 Å². The van der Waals surface area contributed by atoms with Gasteiger partial charge in [-0.25, -0.2) is 0 Å². The fourth-order valence-corrected chi connectivity index (χ4v) is 2.72. The van der Waals surface area contributed by atoms with Crippen molar-refractivity contribution in [3.8, 4) is 5.75 Å². The fraction of sp³-hybridized carbons (Fsp3) is 0.538. The monoisotopic (exact) mass is 331 g/mol. The zero-order valence-corrected chi connectivity index (χ0v) is 12.4. The second-order valence-electron chi connectivity index (χ2n) is 4.96. The highest BCUT2D eigenvalue weighted by molar-refractivity contribution is 14.1. The number of nitrogens with two attached hydrogens (primary N) is 1. The van der Waals surface area contributed by atoms with E-state index in [1.807, 2.05) is 0 Å². The maximum atomic E-state index is 6.13.